The van der Waals surface area contributed by atoms with E-state index >= 15 is 0 Å². The van der Waals surface area contributed by atoms with Gasteiger partial charge in [-0.2, -0.15) is 5.10 Å². The largest absolute Gasteiger partial charge is 0.477 e. The summed E-state index contributed by atoms with van der Waals surface area (Å²) in [6.45, 7) is 1.73. The second-order valence-corrected chi connectivity index (χ2v) is 3.84. The van der Waals surface area contributed by atoms with Gasteiger partial charge in [-0.15, -0.1) is 0 Å². The molecule has 0 bridgehead atoms. The van der Waals surface area contributed by atoms with Crippen molar-refractivity contribution >= 4 is 11.8 Å². The molecule has 0 saturated carbocycles. The van der Waals surface area contributed by atoms with Crippen molar-refractivity contribution in [2.45, 2.75) is 31.9 Å². The number of halogens is 2. The third-order valence-electron chi connectivity index (χ3n) is 2.61. The van der Waals surface area contributed by atoms with E-state index in [1.54, 1.807) is 6.92 Å². The van der Waals surface area contributed by atoms with Crippen LogP contribution < -0.4 is 5.32 Å². The van der Waals surface area contributed by atoms with Crippen LogP contribution in [0.1, 0.15) is 29.7 Å². The van der Waals surface area contributed by atoms with E-state index in [4.69, 9.17) is 5.11 Å². The highest BCUT2D eigenvalue weighted by molar-refractivity contribution is 5.93. The second-order valence-electron chi connectivity index (χ2n) is 3.84. The number of hydrogen-bond acceptors (Lipinski definition) is 3. The van der Waals surface area contributed by atoms with Crippen LogP contribution in [0.2, 0.25) is 0 Å². The maximum atomic E-state index is 12.7. The Bertz CT molecular complexity index is 419. The van der Waals surface area contributed by atoms with Crippen LogP contribution in [0, 0.1) is 0 Å². The Labute approximate surface area is 90.1 Å². The quantitative estimate of drug-likeness (QED) is 0.811. The standard InChI is InChI=1S/C9H11F2N3O2/c1-4-2-6(7(10)11)14-8(13-4)5(3-12-14)9(15)16/h3-4,6-7,13H,2H2,1H3,(H,15,16)/t4-,6-/m1/s1. The van der Waals surface area contributed by atoms with E-state index in [0.717, 1.165) is 10.9 Å². The van der Waals surface area contributed by atoms with E-state index in [2.05, 4.69) is 10.4 Å². The van der Waals surface area contributed by atoms with Gasteiger partial charge < -0.3 is 10.4 Å². The Balaban J connectivity index is 2.45. The highest BCUT2D eigenvalue weighted by Gasteiger charge is 2.34. The molecule has 1 aromatic rings. The zero-order valence-corrected chi connectivity index (χ0v) is 8.52. The zero-order chi connectivity index (χ0) is 11.9. The van der Waals surface area contributed by atoms with Crippen molar-refractivity contribution in [1.82, 2.24) is 9.78 Å². The summed E-state index contributed by atoms with van der Waals surface area (Å²) >= 11 is 0. The maximum absolute atomic E-state index is 12.7. The summed E-state index contributed by atoms with van der Waals surface area (Å²) in [7, 11) is 0. The first-order valence-electron chi connectivity index (χ1n) is 4.86. The molecule has 2 rings (SSSR count). The average Bonchev–Trinajstić information content (AvgIpc) is 2.59. The molecule has 0 aliphatic carbocycles. The Kier molecular flexibility index (Phi) is 2.53. The lowest BCUT2D eigenvalue weighted by atomic mass is 10.1. The lowest BCUT2D eigenvalue weighted by Gasteiger charge is -2.30. The maximum Gasteiger partial charge on any atom is 0.341 e. The van der Waals surface area contributed by atoms with Crippen molar-refractivity contribution < 1.29 is 18.7 Å². The van der Waals surface area contributed by atoms with Gasteiger partial charge in [0.05, 0.1) is 6.20 Å². The van der Waals surface area contributed by atoms with E-state index in [1.807, 2.05) is 0 Å². The fourth-order valence-corrected chi connectivity index (χ4v) is 1.88. The highest BCUT2D eigenvalue weighted by Crippen LogP contribution is 2.32. The van der Waals surface area contributed by atoms with Gasteiger partial charge in [0.15, 0.2) is 0 Å². The lowest BCUT2D eigenvalue weighted by molar-refractivity contribution is 0.0652. The first kappa shape index (κ1) is 10.8. The number of carboxylic acids is 1. The van der Waals surface area contributed by atoms with E-state index < -0.39 is 18.4 Å². The fraction of sp³-hybridized carbons (Fsp3) is 0.556. The lowest BCUT2D eigenvalue weighted by Crippen LogP contribution is -2.34. The van der Waals surface area contributed by atoms with Crippen molar-refractivity contribution in [1.29, 1.82) is 0 Å². The summed E-state index contributed by atoms with van der Waals surface area (Å²) in [6.07, 6.45) is -1.23. The fourth-order valence-electron chi connectivity index (χ4n) is 1.88. The number of fused-ring (bicyclic) bond motifs is 1. The van der Waals surface area contributed by atoms with Gasteiger partial charge in [0.2, 0.25) is 0 Å². The van der Waals surface area contributed by atoms with E-state index in [0.29, 0.717) is 0 Å². The van der Waals surface area contributed by atoms with Crippen molar-refractivity contribution in [3.8, 4) is 0 Å². The Morgan fingerprint density at radius 2 is 2.44 bits per heavy atom. The van der Waals surface area contributed by atoms with E-state index in [1.165, 1.54) is 0 Å². The number of carboxylic acid groups (broad SMARTS) is 1. The van der Waals surface area contributed by atoms with Crippen LogP contribution in [-0.2, 0) is 0 Å². The summed E-state index contributed by atoms with van der Waals surface area (Å²) in [6, 6.07) is -1.25. The molecule has 16 heavy (non-hydrogen) atoms. The van der Waals surface area contributed by atoms with Gasteiger partial charge in [-0.3, -0.25) is 0 Å². The third-order valence-corrected chi connectivity index (χ3v) is 2.61. The number of aromatic carboxylic acids is 1. The molecule has 7 heteroatoms. The van der Waals surface area contributed by atoms with Crippen LogP contribution in [0.15, 0.2) is 6.20 Å². The molecule has 2 heterocycles. The minimum absolute atomic E-state index is 0.0720. The normalized spacial score (nSPS) is 24.0. The van der Waals surface area contributed by atoms with Crippen LogP contribution in [0.5, 0.6) is 0 Å². The summed E-state index contributed by atoms with van der Waals surface area (Å²) in [5, 5.41) is 15.4. The number of carbonyl (C=O) groups is 1. The van der Waals surface area contributed by atoms with Crippen molar-refractivity contribution in [2.24, 2.45) is 0 Å². The first-order valence-corrected chi connectivity index (χ1v) is 4.86. The van der Waals surface area contributed by atoms with Crippen LogP contribution in [-0.4, -0.2) is 33.3 Å². The van der Waals surface area contributed by atoms with Crippen molar-refractivity contribution in [2.75, 3.05) is 5.32 Å². The third kappa shape index (κ3) is 1.62. The van der Waals surface area contributed by atoms with Gasteiger partial charge in [0, 0.05) is 6.04 Å². The molecular weight excluding hydrogens is 220 g/mol. The summed E-state index contributed by atoms with van der Waals surface area (Å²) in [4.78, 5) is 10.8. The number of rotatable bonds is 2. The number of nitrogens with zero attached hydrogens (tertiary/aromatic N) is 2. The summed E-state index contributed by atoms with van der Waals surface area (Å²) in [5.74, 6) is -1.01. The monoisotopic (exact) mass is 231 g/mol. The Morgan fingerprint density at radius 1 is 1.75 bits per heavy atom. The number of anilines is 1. The molecule has 0 spiro atoms. The molecule has 0 saturated heterocycles. The van der Waals surface area contributed by atoms with Crippen molar-refractivity contribution in [3.63, 3.8) is 0 Å². The molecule has 1 aromatic heterocycles. The number of aromatic nitrogens is 2. The van der Waals surface area contributed by atoms with Crippen molar-refractivity contribution in [3.05, 3.63) is 11.8 Å². The number of hydrogen-bond donors (Lipinski definition) is 2. The molecule has 0 fully saturated rings. The van der Waals surface area contributed by atoms with E-state index in [9.17, 15) is 13.6 Å². The second kappa shape index (κ2) is 3.73. The minimum Gasteiger partial charge on any atom is -0.477 e. The molecule has 2 N–H and O–H groups in total. The summed E-state index contributed by atoms with van der Waals surface area (Å²) in [5.41, 5.74) is -0.0720. The SMILES string of the molecule is C[C@@H]1C[C@H](C(F)F)n2ncc(C(=O)O)c2N1. The Morgan fingerprint density at radius 3 is 3.00 bits per heavy atom. The van der Waals surface area contributed by atoms with Gasteiger partial charge >= 0.3 is 5.97 Å². The molecule has 5 nitrogen and oxygen atoms in total. The summed E-state index contributed by atoms with van der Waals surface area (Å²) < 4.78 is 26.6. The van der Waals surface area contributed by atoms with Gasteiger partial charge in [0.25, 0.3) is 6.43 Å². The minimum atomic E-state index is -2.55. The van der Waals surface area contributed by atoms with Gasteiger partial charge in [-0.1, -0.05) is 0 Å². The van der Waals surface area contributed by atoms with Crippen LogP contribution in [0.25, 0.3) is 0 Å². The molecular formula is C9H11F2N3O2. The molecule has 2 atom stereocenters. The molecule has 1 aliphatic rings. The topological polar surface area (TPSA) is 67.2 Å². The smallest absolute Gasteiger partial charge is 0.341 e. The number of nitrogens with one attached hydrogen (secondary N) is 1. The van der Waals surface area contributed by atoms with Gasteiger partial charge in [0.1, 0.15) is 17.4 Å². The van der Waals surface area contributed by atoms with Crippen LogP contribution in [0.4, 0.5) is 14.6 Å². The first-order chi connectivity index (χ1) is 7.50. The number of alkyl halides is 2. The zero-order valence-electron chi connectivity index (χ0n) is 8.52. The molecule has 0 amide bonds. The highest BCUT2D eigenvalue weighted by atomic mass is 19.3. The molecule has 0 unspecified atom stereocenters. The Hall–Kier alpha value is -1.66. The van der Waals surface area contributed by atoms with Gasteiger partial charge in [-0.25, -0.2) is 18.3 Å². The molecule has 0 radical (unpaired) electrons. The van der Waals surface area contributed by atoms with Crippen LogP contribution >= 0.6 is 0 Å². The van der Waals surface area contributed by atoms with Gasteiger partial charge in [-0.05, 0) is 13.3 Å². The van der Waals surface area contributed by atoms with E-state index in [-0.39, 0.29) is 23.8 Å². The predicted molar refractivity (Wildman–Crippen MR) is 51.9 cm³/mol. The molecule has 0 aromatic carbocycles. The average molecular weight is 231 g/mol. The molecule has 88 valence electrons. The predicted octanol–water partition coefficient (Wildman–Crippen LogP) is 1.59. The molecule has 1 aliphatic heterocycles. The van der Waals surface area contributed by atoms with Crippen LogP contribution in [0.3, 0.4) is 0 Å².